The second-order valence-electron chi connectivity index (χ2n) is 4.73. The van der Waals surface area contributed by atoms with Crippen molar-refractivity contribution in [1.82, 2.24) is 15.1 Å². The van der Waals surface area contributed by atoms with E-state index in [1.54, 1.807) is 7.11 Å². The van der Waals surface area contributed by atoms with Crippen LogP contribution in [0.5, 0.6) is 5.75 Å². The summed E-state index contributed by atoms with van der Waals surface area (Å²) in [6.45, 7) is 5.97. The summed E-state index contributed by atoms with van der Waals surface area (Å²) in [5.41, 5.74) is 2.43. The molecule has 0 saturated carbocycles. The molecule has 0 aliphatic rings. The Kier molecular flexibility index (Phi) is 4.58. The molecule has 0 fully saturated rings. The number of nitrogens with zero attached hydrogens (tertiary/aromatic N) is 2. The standard InChI is InChI=1S/C15H21N3O/c1-12-10-17-18(11-12)8-7-16-13(2)14-5-4-6-15(9-14)19-3/h4-6,9-11,13,16H,7-8H2,1-3H3/t13-/m0/s1. The normalized spacial score (nSPS) is 12.4. The van der Waals surface area contributed by atoms with Gasteiger partial charge in [0, 0.05) is 18.8 Å². The number of methoxy groups -OCH3 is 1. The molecule has 4 heteroatoms. The summed E-state index contributed by atoms with van der Waals surface area (Å²) in [5.74, 6) is 0.897. The van der Waals surface area contributed by atoms with Gasteiger partial charge in [0.25, 0.3) is 0 Å². The van der Waals surface area contributed by atoms with Crippen molar-refractivity contribution in [2.75, 3.05) is 13.7 Å². The minimum absolute atomic E-state index is 0.298. The van der Waals surface area contributed by atoms with Crippen LogP contribution in [0.2, 0.25) is 0 Å². The van der Waals surface area contributed by atoms with E-state index in [2.05, 4.69) is 42.6 Å². The zero-order chi connectivity index (χ0) is 13.7. The molecule has 0 aliphatic heterocycles. The average Bonchev–Trinajstić information content (AvgIpc) is 2.84. The fraction of sp³-hybridized carbons (Fsp3) is 0.400. The van der Waals surface area contributed by atoms with Gasteiger partial charge in [-0.15, -0.1) is 0 Å². The lowest BCUT2D eigenvalue weighted by atomic mass is 10.1. The first-order valence-corrected chi connectivity index (χ1v) is 6.55. The van der Waals surface area contributed by atoms with E-state index in [9.17, 15) is 0 Å². The molecule has 0 radical (unpaired) electrons. The van der Waals surface area contributed by atoms with E-state index in [1.165, 1.54) is 11.1 Å². The van der Waals surface area contributed by atoms with E-state index in [0.29, 0.717) is 6.04 Å². The second kappa shape index (κ2) is 6.38. The molecule has 0 spiro atoms. The van der Waals surface area contributed by atoms with Gasteiger partial charge in [0.1, 0.15) is 5.75 Å². The van der Waals surface area contributed by atoms with Crippen molar-refractivity contribution in [3.05, 3.63) is 47.8 Å². The molecule has 0 bridgehead atoms. The second-order valence-corrected chi connectivity index (χ2v) is 4.73. The average molecular weight is 259 g/mol. The van der Waals surface area contributed by atoms with Gasteiger partial charge in [0.2, 0.25) is 0 Å². The summed E-state index contributed by atoms with van der Waals surface area (Å²) in [6, 6.07) is 8.45. The molecular formula is C15H21N3O. The summed E-state index contributed by atoms with van der Waals surface area (Å²) in [4.78, 5) is 0. The molecular weight excluding hydrogens is 238 g/mol. The molecule has 4 nitrogen and oxygen atoms in total. The van der Waals surface area contributed by atoms with E-state index < -0.39 is 0 Å². The fourth-order valence-corrected chi connectivity index (χ4v) is 2.01. The molecule has 1 aromatic carbocycles. The van der Waals surface area contributed by atoms with E-state index in [-0.39, 0.29) is 0 Å². The van der Waals surface area contributed by atoms with Gasteiger partial charge in [0.05, 0.1) is 19.9 Å². The quantitative estimate of drug-likeness (QED) is 0.866. The van der Waals surface area contributed by atoms with Crippen LogP contribution in [0.15, 0.2) is 36.7 Å². The van der Waals surface area contributed by atoms with Gasteiger partial charge < -0.3 is 10.1 Å². The molecule has 102 valence electrons. The van der Waals surface area contributed by atoms with Crippen LogP contribution in [-0.4, -0.2) is 23.4 Å². The maximum atomic E-state index is 5.24. The maximum absolute atomic E-state index is 5.24. The van der Waals surface area contributed by atoms with Gasteiger partial charge in [-0.2, -0.15) is 5.10 Å². The van der Waals surface area contributed by atoms with E-state index >= 15 is 0 Å². The molecule has 0 saturated heterocycles. The Hall–Kier alpha value is -1.81. The zero-order valence-corrected chi connectivity index (χ0v) is 11.8. The van der Waals surface area contributed by atoms with Crippen LogP contribution < -0.4 is 10.1 Å². The molecule has 1 aromatic heterocycles. The smallest absolute Gasteiger partial charge is 0.119 e. The number of nitrogens with one attached hydrogen (secondary N) is 1. The monoisotopic (exact) mass is 259 g/mol. The van der Waals surface area contributed by atoms with Gasteiger partial charge >= 0.3 is 0 Å². The summed E-state index contributed by atoms with van der Waals surface area (Å²) < 4.78 is 7.20. The van der Waals surface area contributed by atoms with Crippen molar-refractivity contribution < 1.29 is 4.74 Å². The molecule has 0 amide bonds. The Balaban J connectivity index is 1.85. The van der Waals surface area contributed by atoms with Crippen LogP contribution in [0.25, 0.3) is 0 Å². The molecule has 1 heterocycles. The number of ether oxygens (including phenoxy) is 1. The topological polar surface area (TPSA) is 39.1 Å². The first-order valence-electron chi connectivity index (χ1n) is 6.55. The largest absolute Gasteiger partial charge is 0.497 e. The highest BCUT2D eigenvalue weighted by Gasteiger charge is 2.05. The number of aromatic nitrogens is 2. The Labute approximate surface area is 114 Å². The van der Waals surface area contributed by atoms with Crippen LogP contribution in [0.1, 0.15) is 24.1 Å². The summed E-state index contributed by atoms with van der Waals surface area (Å²) >= 11 is 0. The summed E-state index contributed by atoms with van der Waals surface area (Å²) in [6.07, 6.45) is 3.93. The van der Waals surface area contributed by atoms with Crippen molar-refractivity contribution in [3.63, 3.8) is 0 Å². The Morgan fingerprint density at radius 1 is 1.42 bits per heavy atom. The first kappa shape index (κ1) is 13.6. The van der Waals surface area contributed by atoms with Crippen molar-refractivity contribution >= 4 is 0 Å². The minimum Gasteiger partial charge on any atom is -0.497 e. The third kappa shape index (κ3) is 3.83. The molecule has 1 atom stereocenters. The van der Waals surface area contributed by atoms with Crippen LogP contribution in [-0.2, 0) is 6.54 Å². The molecule has 0 unspecified atom stereocenters. The highest BCUT2D eigenvalue weighted by atomic mass is 16.5. The Morgan fingerprint density at radius 3 is 2.95 bits per heavy atom. The Morgan fingerprint density at radius 2 is 2.26 bits per heavy atom. The zero-order valence-electron chi connectivity index (χ0n) is 11.8. The lowest BCUT2D eigenvalue weighted by Gasteiger charge is -2.15. The minimum atomic E-state index is 0.298. The molecule has 2 rings (SSSR count). The first-order chi connectivity index (χ1) is 9.19. The third-order valence-corrected chi connectivity index (χ3v) is 3.15. The van der Waals surface area contributed by atoms with Crippen LogP contribution in [0.3, 0.4) is 0 Å². The van der Waals surface area contributed by atoms with Crippen LogP contribution in [0.4, 0.5) is 0 Å². The molecule has 1 N–H and O–H groups in total. The highest BCUT2D eigenvalue weighted by molar-refractivity contribution is 5.30. The Bertz CT molecular complexity index is 522. The van der Waals surface area contributed by atoms with Crippen molar-refractivity contribution in [2.24, 2.45) is 0 Å². The van der Waals surface area contributed by atoms with Crippen molar-refractivity contribution in [3.8, 4) is 5.75 Å². The lowest BCUT2D eigenvalue weighted by molar-refractivity contribution is 0.413. The number of benzene rings is 1. The van der Waals surface area contributed by atoms with Gasteiger partial charge in [0.15, 0.2) is 0 Å². The predicted octanol–water partition coefficient (Wildman–Crippen LogP) is 2.55. The third-order valence-electron chi connectivity index (χ3n) is 3.15. The molecule has 2 aromatic rings. The maximum Gasteiger partial charge on any atom is 0.119 e. The number of aryl methyl sites for hydroxylation is 1. The van der Waals surface area contributed by atoms with Gasteiger partial charge in [-0.1, -0.05) is 12.1 Å². The number of hydrogen-bond donors (Lipinski definition) is 1. The van der Waals surface area contributed by atoms with Gasteiger partial charge in [-0.3, -0.25) is 4.68 Å². The van der Waals surface area contributed by atoms with Crippen molar-refractivity contribution in [1.29, 1.82) is 0 Å². The molecule has 19 heavy (non-hydrogen) atoms. The number of rotatable bonds is 6. The lowest BCUT2D eigenvalue weighted by Crippen LogP contribution is -2.23. The molecule has 0 aliphatic carbocycles. The van der Waals surface area contributed by atoms with Crippen LogP contribution >= 0.6 is 0 Å². The highest BCUT2D eigenvalue weighted by Crippen LogP contribution is 2.18. The van der Waals surface area contributed by atoms with Crippen molar-refractivity contribution in [2.45, 2.75) is 26.4 Å². The SMILES string of the molecule is COc1cccc([C@H](C)NCCn2cc(C)cn2)c1. The number of hydrogen-bond acceptors (Lipinski definition) is 3. The van der Waals surface area contributed by atoms with Gasteiger partial charge in [-0.25, -0.2) is 0 Å². The summed E-state index contributed by atoms with van der Waals surface area (Å²) in [7, 11) is 1.69. The predicted molar refractivity (Wildman–Crippen MR) is 76.4 cm³/mol. The van der Waals surface area contributed by atoms with Gasteiger partial charge in [-0.05, 0) is 37.1 Å². The summed E-state index contributed by atoms with van der Waals surface area (Å²) in [5, 5.41) is 7.76. The van der Waals surface area contributed by atoms with E-state index in [0.717, 1.165) is 18.8 Å². The van der Waals surface area contributed by atoms with E-state index in [1.807, 2.05) is 23.0 Å². The fourth-order valence-electron chi connectivity index (χ4n) is 2.01. The van der Waals surface area contributed by atoms with E-state index in [4.69, 9.17) is 4.74 Å². The van der Waals surface area contributed by atoms with Crippen LogP contribution in [0, 0.1) is 6.92 Å².